The van der Waals surface area contributed by atoms with E-state index >= 15 is 0 Å². The number of amides is 1. The van der Waals surface area contributed by atoms with Crippen LogP contribution >= 0.6 is 34.4 Å². The third-order valence-electron chi connectivity index (χ3n) is 5.00. The lowest BCUT2D eigenvalue weighted by atomic mass is 10.2. The second-order valence-corrected chi connectivity index (χ2v) is 10.4. The Balaban J connectivity index is 1.51. The average molecular weight is 470 g/mol. The number of fused-ring (bicyclic) bond motifs is 1. The quantitative estimate of drug-likeness (QED) is 0.363. The van der Waals surface area contributed by atoms with Crippen molar-refractivity contribution < 1.29 is 4.79 Å². The first-order valence-corrected chi connectivity index (χ1v) is 12.6. The molecule has 0 atom stereocenters. The minimum atomic E-state index is -0.187. The van der Waals surface area contributed by atoms with Crippen molar-refractivity contribution >= 4 is 50.6 Å². The second-order valence-electron chi connectivity index (χ2n) is 7.39. The van der Waals surface area contributed by atoms with Gasteiger partial charge in [0.15, 0.2) is 0 Å². The van der Waals surface area contributed by atoms with Crippen LogP contribution in [0.5, 0.6) is 0 Å². The van der Waals surface area contributed by atoms with Crippen molar-refractivity contribution in [1.29, 1.82) is 0 Å². The van der Waals surface area contributed by atoms with Gasteiger partial charge in [-0.15, -0.1) is 34.4 Å². The summed E-state index contributed by atoms with van der Waals surface area (Å²) in [5, 5.41) is 5.50. The van der Waals surface area contributed by atoms with Crippen LogP contribution in [0.4, 0.5) is 0 Å². The number of hydrogen-bond donors (Lipinski definition) is 2. The molecule has 5 nitrogen and oxygen atoms in total. The van der Waals surface area contributed by atoms with Gasteiger partial charge in [0, 0.05) is 16.3 Å². The van der Waals surface area contributed by atoms with Crippen LogP contribution in [0.1, 0.15) is 37.1 Å². The van der Waals surface area contributed by atoms with Crippen molar-refractivity contribution in [2.45, 2.75) is 37.8 Å². The Bertz CT molecular complexity index is 1290. The van der Waals surface area contributed by atoms with Crippen LogP contribution in [0.2, 0.25) is 0 Å². The Hall–Kier alpha value is -2.42. The summed E-state index contributed by atoms with van der Waals surface area (Å²) in [5.41, 5.74) is 2.91. The number of carbonyl (C=O) groups excluding carboxylic acids is 1. The minimum absolute atomic E-state index is 0.150. The maximum absolute atomic E-state index is 12.7. The molecule has 1 amide bonds. The van der Waals surface area contributed by atoms with Gasteiger partial charge in [-0.25, -0.2) is 4.98 Å². The fourth-order valence-corrected chi connectivity index (χ4v) is 6.14. The number of nitrogens with one attached hydrogen (secondary N) is 2. The Morgan fingerprint density at radius 1 is 1.23 bits per heavy atom. The van der Waals surface area contributed by atoms with Crippen LogP contribution in [0.25, 0.3) is 10.2 Å². The number of aromatic amines is 1. The number of aromatic nitrogens is 2. The van der Waals surface area contributed by atoms with Crippen molar-refractivity contribution in [2.24, 2.45) is 0 Å². The third kappa shape index (κ3) is 4.92. The first kappa shape index (κ1) is 21.8. The molecule has 3 heterocycles. The summed E-state index contributed by atoms with van der Waals surface area (Å²) in [4.78, 5) is 36.6. The fraction of sp³-hybridized carbons (Fsp3) is 0.261. The molecule has 0 fully saturated rings. The Kier molecular flexibility index (Phi) is 6.60. The molecule has 4 rings (SSSR count). The van der Waals surface area contributed by atoms with E-state index in [0.29, 0.717) is 38.8 Å². The van der Waals surface area contributed by atoms with E-state index in [1.165, 1.54) is 32.2 Å². The standard InChI is InChI=1S/C23H23N3O2S3/c1-13-6-7-14(2)17(11-13)30-12-18-25-21(27)19-15(3)20(31-23(19)26-18)22(28)24-9-8-16-5-4-10-29-16/h4-7,10-11H,8-9,12H2,1-3H3,(H,24,28)(H,25,26,27). The zero-order valence-electron chi connectivity index (χ0n) is 17.6. The molecule has 2 N–H and O–H groups in total. The molecular weight excluding hydrogens is 446 g/mol. The first-order chi connectivity index (χ1) is 14.9. The van der Waals surface area contributed by atoms with E-state index in [-0.39, 0.29) is 11.5 Å². The number of aryl methyl sites for hydroxylation is 3. The van der Waals surface area contributed by atoms with E-state index < -0.39 is 0 Å². The molecule has 3 aromatic heterocycles. The number of hydrogen-bond acceptors (Lipinski definition) is 6. The number of rotatable bonds is 7. The van der Waals surface area contributed by atoms with Gasteiger partial charge in [-0.3, -0.25) is 9.59 Å². The highest BCUT2D eigenvalue weighted by atomic mass is 32.2. The van der Waals surface area contributed by atoms with Crippen molar-refractivity contribution in [3.63, 3.8) is 0 Å². The van der Waals surface area contributed by atoms with Crippen molar-refractivity contribution in [3.05, 3.63) is 78.3 Å². The number of benzene rings is 1. The highest BCUT2D eigenvalue weighted by molar-refractivity contribution is 7.98. The summed E-state index contributed by atoms with van der Waals surface area (Å²) < 4.78 is 0. The number of thioether (sulfide) groups is 1. The molecule has 31 heavy (non-hydrogen) atoms. The lowest BCUT2D eigenvalue weighted by Crippen LogP contribution is -2.25. The monoisotopic (exact) mass is 469 g/mol. The van der Waals surface area contributed by atoms with Crippen molar-refractivity contribution in [1.82, 2.24) is 15.3 Å². The zero-order valence-corrected chi connectivity index (χ0v) is 20.0. The van der Waals surface area contributed by atoms with Crippen molar-refractivity contribution in [3.8, 4) is 0 Å². The average Bonchev–Trinajstić information content (AvgIpc) is 3.36. The summed E-state index contributed by atoms with van der Waals surface area (Å²) in [6.07, 6.45) is 0.798. The summed E-state index contributed by atoms with van der Waals surface area (Å²) in [5.74, 6) is 1.03. The molecule has 8 heteroatoms. The van der Waals surface area contributed by atoms with E-state index in [4.69, 9.17) is 0 Å². The molecular formula is C23H23N3O2S3. The fourth-order valence-electron chi connectivity index (χ4n) is 3.32. The van der Waals surface area contributed by atoms with E-state index in [1.54, 1.807) is 23.1 Å². The van der Waals surface area contributed by atoms with Gasteiger partial charge in [0.25, 0.3) is 11.5 Å². The highest BCUT2D eigenvalue weighted by Crippen LogP contribution is 2.29. The van der Waals surface area contributed by atoms with Crippen LogP contribution in [0.3, 0.4) is 0 Å². The number of H-pyrrole nitrogens is 1. The molecule has 0 aliphatic rings. The molecule has 0 aliphatic carbocycles. The molecule has 0 saturated carbocycles. The molecule has 160 valence electrons. The van der Waals surface area contributed by atoms with Crippen LogP contribution in [-0.4, -0.2) is 22.4 Å². The maximum Gasteiger partial charge on any atom is 0.261 e. The maximum atomic E-state index is 12.7. The van der Waals surface area contributed by atoms with Crippen LogP contribution in [0.15, 0.2) is 45.4 Å². The van der Waals surface area contributed by atoms with E-state index in [2.05, 4.69) is 53.4 Å². The molecule has 0 radical (unpaired) electrons. The topological polar surface area (TPSA) is 74.8 Å². The van der Waals surface area contributed by atoms with E-state index in [0.717, 1.165) is 6.42 Å². The largest absolute Gasteiger partial charge is 0.351 e. The van der Waals surface area contributed by atoms with Gasteiger partial charge in [-0.2, -0.15) is 0 Å². The first-order valence-electron chi connectivity index (χ1n) is 9.95. The summed E-state index contributed by atoms with van der Waals surface area (Å²) >= 11 is 4.62. The zero-order chi connectivity index (χ0) is 22.0. The van der Waals surface area contributed by atoms with Crippen LogP contribution < -0.4 is 10.9 Å². The summed E-state index contributed by atoms with van der Waals surface area (Å²) in [6, 6.07) is 10.4. The number of nitrogens with zero attached hydrogens (tertiary/aromatic N) is 1. The number of carbonyl (C=O) groups is 1. The molecule has 1 aromatic carbocycles. The highest BCUT2D eigenvalue weighted by Gasteiger charge is 2.19. The summed E-state index contributed by atoms with van der Waals surface area (Å²) in [6.45, 7) is 6.52. The van der Waals surface area contributed by atoms with Gasteiger partial charge < -0.3 is 10.3 Å². The third-order valence-corrected chi connectivity index (χ3v) is 8.29. The molecule has 0 unspecified atom stereocenters. The predicted molar refractivity (Wildman–Crippen MR) is 131 cm³/mol. The minimum Gasteiger partial charge on any atom is -0.351 e. The lowest BCUT2D eigenvalue weighted by molar-refractivity contribution is 0.0958. The molecule has 0 aliphatic heterocycles. The Morgan fingerprint density at radius 2 is 2.06 bits per heavy atom. The Morgan fingerprint density at radius 3 is 2.84 bits per heavy atom. The van der Waals surface area contributed by atoms with Crippen molar-refractivity contribution in [2.75, 3.05) is 6.54 Å². The normalized spacial score (nSPS) is 11.2. The predicted octanol–water partition coefficient (Wildman–Crippen LogP) is 5.24. The molecule has 4 aromatic rings. The van der Waals surface area contributed by atoms with Crippen LogP contribution in [0, 0.1) is 20.8 Å². The smallest absolute Gasteiger partial charge is 0.261 e. The van der Waals surface area contributed by atoms with Crippen LogP contribution in [-0.2, 0) is 12.2 Å². The SMILES string of the molecule is Cc1ccc(C)c(SCc2nc3sc(C(=O)NCCc4cccs4)c(C)c3c(=O)[nH]2)c1. The number of thiophene rings is 2. The molecule has 0 spiro atoms. The van der Waals surface area contributed by atoms with Gasteiger partial charge in [-0.1, -0.05) is 23.8 Å². The summed E-state index contributed by atoms with van der Waals surface area (Å²) in [7, 11) is 0. The van der Waals surface area contributed by atoms with Gasteiger partial charge in [0.05, 0.1) is 16.0 Å². The Labute approximate surface area is 192 Å². The van der Waals surface area contributed by atoms with Gasteiger partial charge in [-0.05, 0) is 55.8 Å². The van der Waals surface area contributed by atoms with Gasteiger partial charge >= 0.3 is 0 Å². The molecule has 0 bridgehead atoms. The van der Waals surface area contributed by atoms with Gasteiger partial charge in [0.2, 0.25) is 0 Å². The van der Waals surface area contributed by atoms with E-state index in [9.17, 15) is 9.59 Å². The lowest BCUT2D eigenvalue weighted by Gasteiger charge is -2.06. The van der Waals surface area contributed by atoms with E-state index in [1.807, 2.05) is 18.4 Å². The second kappa shape index (κ2) is 9.38. The molecule has 0 saturated heterocycles. The van der Waals surface area contributed by atoms with Gasteiger partial charge in [0.1, 0.15) is 10.7 Å².